The van der Waals surface area contributed by atoms with Crippen LogP contribution in [0.25, 0.3) is 0 Å². The number of ether oxygens (including phenoxy) is 1. The van der Waals surface area contributed by atoms with Gasteiger partial charge in [-0.2, -0.15) is 0 Å². The summed E-state index contributed by atoms with van der Waals surface area (Å²) in [5.74, 6) is -0.712. The zero-order valence-corrected chi connectivity index (χ0v) is 10.4. The maximum absolute atomic E-state index is 12.2. The Morgan fingerprint density at radius 1 is 1.22 bits per heavy atom. The van der Waals surface area contributed by atoms with Crippen LogP contribution in [0.3, 0.4) is 0 Å². The lowest BCUT2D eigenvalue weighted by molar-refractivity contribution is -0.162. The second-order valence-electron chi connectivity index (χ2n) is 5.78. The number of carbonyl (C=O) groups is 2. The van der Waals surface area contributed by atoms with Crippen molar-refractivity contribution in [2.45, 2.75) is 50.7 Å². The van der Waals surface area contributed by atoms with Gasteiger partial charge in [-0.1, -0.05) is 6.42 Å². The lowest BCUT2D eigenvalue weighted by Gasteiger charge is -2.37. The van der Waals surface area contributed by atoms with E-state index in [9.17, 15) is 14.7 Å². The fourth-order valence-corrected chi connectivity index (χ4v) is 3.03. The molecule has 18 heavy (non-hydrogen) atoms. The van der Waals surface area contributed by atoms with Gasteiger partial charge in [0.2, 0.25) is 5.91 Å². The first kappa shape index (κ1) is 12.0. The first-order chi connectivity index (χ1) is 8.63. The minimum absolute atomic E-state index is 0.0156. The van der Waals surface area contributed by atoms with Crippen LogP contribution in [-0.2, 0) is 14.3 Å². The second kappa shape index (κ2) is 4.23. The Kier molecular flexibility index (Phi) is 2.81. The molecule has 100 valence electrons. The highest BCUT2D eigenvalue weighted by Crippen LogP contribution is 2.43. The number of amides is 1. The van der Waals surface area contributed by atoms with E-state index in [-0.39, 0.29) is 18.1 Å². The van der Waals surface area contributed by atoms with Gasteiger partial charge >= 0.3 is 5.97 Å². The molecule has 2 atom stereocenters. The topological polar surface area (TPSA) is 75.6 Å². The van der Waals surface area contributed by atoms with Crippen molar-refractivity contribution in [3.05, 3.63) is 0 Å². The lowest BCUT2D eigenvalue weighted by Crippen LogP contribution is -2.55. The summed E-state index contributed by atoms with van der Waals surface area (Å²) in [6.07, 6.45) is 5.02. The van der Waals surface area contributed by atoms with Crippen molar-refractivity contribution in [1.82, 2.24) is 5.32 Å². The van der Waals surface area contributed by atoms with E-state index in [1.54, 1.807) is 0 Å². The smallest absolute Gasteiger partial charge is 0.319 e. The predicted molar refractivity (Wildman–Crippen MR) is 62.9 cm³/mol. The molecule has 0 aromatic heterocycles. The van der Waals surface area contributed by atoms with Gasteiger partial charge in [0.1, 0.15) is 5.41 Å². The van der Waals surface area contributed by atoms with Gasteiger partial charge in [-0.25, -0.2) is 0 Å². The third kappa shape index (κ3) is 1.81. The summed E-state index contributed by atoms with van der Waals surface area (Å²) in [6, 6.07) is 0.0156. The molecule has 1 saturated heterocycles. The Balaban J connectivity index is 1.64. The summed E-state index contributed by atoms with van der Waals surface area (Å²) < 4.78 is 5.65. The summed E-state index contributed by atoms with van der Waals surface area (Å²) in [5.41, 5.74) is -1.16. The molecule has 3 fully saturated rings. The van der Waals surface area contributed by atoms with Crippen LogP contribution in [-0.4, -0.2) is 35.7 Å². The van der Waals surface area contributed by atoms with E-state index in [0.717, 1.165) is 12.8 Å². The lowest BCUT2D eigenvalue weighted by atomic mass is 9.68. The summed E-state index contributed by atoms with van der Waals surface area (Å²) in [6.45, 7) is 0.673. The Hall–Kier alpha value is -1.10. The highest BCUT2D eigenvalue weighted by molar-refractivity contribution is 6.03. The average Bonchev–Trinajstić information content (AvgIpc) is 2.98. The third-order valence-corrected chi connectivity index (χ3v) is 4.59. The number of hydrogen-bond acceptors (Lipinski definition) is 3. The van der Waals surface area contributed by atoms with Crippen molar-refractivity contribution in [2.24, 2.45) is 11.3 Å². The first-order valence-electron chi connectivity index (χ1n) is 6.79. The molecular weight excluding hydrogens is 234 g/mol. The molecular formula is C13H19NO4. The van der Waals surface area contributed by atoms with Gasteiger partial charge in [-0.15, -0.1) is 0 Å². The number of nitrogens with one attached hydrogen (secondary N) is 1. The molecule has 0 bridgehead atoms. The molecule has 3 aliphatic rings. The summed E-state index contributed by atoms with van der Waals surface area (Å²) in [5, 5.41) is 12.2. The number of hydrogen-bond donors (Lipinski definition) is 2. The van der Waals surface area contributed by atoms with Crippen molar-refractivity contribution in [2.75, 3.05) is 6.61 Å². The number of aliphatic carboxylic acids is 1. The van der Waals surface area contributed by atoms with Gasteiger partial charge in [-0.05, 0) is 38.0 Å². The standard InChI is InChI=1S/C13H19NO4/c15-11(13(12(16)17)5-1-6-13)14-9-4-7-18-10(9)8-2-3-8/h8-10H,1-7H2,(H,14,15)(H,16,17). The van der Waals surface area contributed by atoms with Crippen molar-refractivity contribution in [3.63, 3.8) is 0 Å². The number of carbonyl (C=O) groups excluding carboxylic acids is 1. The largest absolute Gasteiger partial charge is 0.480 e. The van der Waals surface area contributed by atoms with Crippen LogP contribution >= 0.6 is 0 Å². The van der Waals surface area contributed by atoms with E-state index >= 15 is 0 Å². The Bertz CT molecular complexity index is 373. The van der Waals surface area contributed by atoms with Gasteiger partial charge in [0.15, 0.2) is 0 Å². The highest BCUT2D eigenvalue weighted by atomic mass is 16.5. The van der Waals surface area contributed by atoms with E-state index in [1.165, 1.54) is 12.8 Å². The Labute approximate surface area is 106 Å². The molecule has 1 aliphatic heterocycles. The molecule has 0 spiro atoms. The maximum atomic E-state index is 12.2. The molecule has 0 radical (unpaired) electrons. The van der Waals surface area contributed by atoms with Crippen LogP contribution in [0.15, 0.2) is 0 Å². The van der Waals surface area contributed by atoms with Crippen molar-refractivity contribution >= 4 is 11.9 Å². The number of carboxylic acids is 1. The van der Waals surface area contributed by atoms with Crippen molar-refractivity contribution in [3.8, 4) is 0 Å². The Morgan fingerprint density at radius 2 is 1.94 bits per heavy atom. The van der Waals surface area contributed by atoms with Crippen LogP contribution in [0.1, 0.15) is 38.5 Å². The second-order valence-corrected chi connectivity index (χ2v) is 5.78. The minimum Gasteiger partial charge on any atom is -0.480 e. The zero-order valence-electron chi connectivity index (χ0n) is 10.4. The van der Waals surface area contributed by atoms with E-state index in [2.05, 4.69) is 5.32 Å². The highest BCUT2D eigenvalue weighted by Gasteiger charge is 2.52. The number of carboxylic acid groups (broad SMARTS) is 1. The van der Waals surface area contributed by atoms with Crippen LogP contribution < -0.4 is 5.32 Å². The molecule has 0 aromatic carbocycles. The molecule has 2 N–H and O–H groups in total. The summed E-state index contributed by atoms with van der Waals surface area (Å²) in [7, 11) is 0. The first-order valence-corrected chi connectivity index (χ1v) is 6.79. The third-order valence-electron chi connectivity index (χ3n) is 4.59. The number of rotatable bonds is 4. The van der Waals surface area contributed by atoms with E-state index in [1.807, 2.05) is 0 Å². The maximum Gasteiger partial charge on any atom is 0.319 e. The van der Waals surface area contributed by atoms with Crippen LogP contribution in [0.4, 0.5) is 0 Å². The van der Waals surface area contributed by atoms with Crippen LogP contribution in [0.5, 0.6) is 0 Å². The molecule has 2 unspecified atom stereocenters. The summed E-state index contributed by atoms with van der Waals surface area (Å²) in [4.78, 5) is 23.4. The van der Waals surface area contributed by atoms with Gasteiger partial charge < -0.3 is 15.2 Å². The molecule has 1 amide bonds. The predicted octanol–water partition coefficient (Wildman–Crippen LogP) is 0.925. The SMILES string of the molecule is O=C(O)C1(C(=O)NC2CCOC2C2CC2)CCC1. The monoisotopic (exact) mass is 253 g/mol. The summed E-state index contributed by atoms with van der Waals surface area (Å²) >= 11 is 0. The molecule has 5 nitrogen and oxygen atoms in total. The Morgan fingerprint density at radius 3 is 2.44 bits per heavy atom. The van der Waals surface area contributed by atoms with E-state index in [0.29, 0.717) is 25.4 Å². The average molecular weight is 253 g/mol. The molecule has 0 aromatic rings. The fraction of sp³-hybridized carbons (Fsp3) is 0.846. The van der Waals surface area contributed by atoms with Gasteiger partial charge in [0.25, 0.3) is 0 Å². The van der Waals surface area contributed by atoms with E-state index < -0.39 is 11.4 Å². The normalized spacial score (nSPS) is 33.8. The molecule has 1 heterocycles. The minimum atomic E-state index is -1.16. The van der Waals surface area contributed by atoms with Crippen LogP contribution in [0, 0.1) is 11.3 Å². The molecule has 2 saturated carbocycles. The van der Waals surface area contributed by atoms with E-state index in [4.69, 9.17) is 4.74 Å². The quantitative estimate of drug-likeness (QED) is 0.731. The molecule has 3 rings (SSSR count). The van der Waals surface area contributed by atoms with Gasteiger partial charge in [0, 0.05) is 6.61 Å². The van der Waals surface area contributed by atoms with Gasteiger partial charge in [0.05, 0.1) is 12.1 Å². The van der Waals surface area contributed by atoms with Crippen LogP contribution in [0.2, 0.25) is 0 Å². The fourth-order valence-electron chi connectivity index (χ4n) is 3.03. The van der Waals surface area contributed by atoms with Crippen molar-refractivity contribution < 1.29 is 19.4 Å². The zero-order chi connectivity index (χ0) is 12.8. The van der Waals surface area contributed by atoms with Gasteiger partial charge in [-0.3, -0.25) is 9.59 Å². The molecule has 2 aliphatic carbocycles. The van der Waals surface area contributed by atoms with Crippen molar-refractivity contribution in [1.29, 1.82) is 0 Å². The molecule has 5 heteroatoms.